The Morgan fingerprint density at radius 2 is 1.74 bits per heavy atom. The summed E-state index contributed by atoms with van der Waals surface area (Å²) in [6.45, 7) is 4.09. The van der Waals surface area contributed by atoms with Crippen LogP contribution in [0, 0.1) is 5.92 Å². The molecule has 1 aliphatic rings. The van der Waals surface area contributed by atoms with Crippen molar-refractivity contribution in [1.82, 2.24) is 14.9 Å². The van der Waals surface area contributed by atoms with E-state index >= 15 is 0 Å². The zero-order chi connectivity index (χ0) is 24.0. The molecule has 35 heavy (non-hydrogen) atoms. The van der Waals surface area contributed by atoms with Gasteiger partial charge in [0.2, 0.25) is 0 Å². The van der Waals surface area contributed by atoms with Crippen molar-refractivity contribution in [3.05, 3.63) is 78.4 Å². The van der Waals surface area contributed by atoms with Gasteiger partial charge in [0.1, 0.15) is 17.3 Å². The maximum absolute atomic E-state index is 11.0. The van der Waals surface area contributed by atoms with Crippen LogP contribution in [0.4, 0.5) is 4.79 Å². The molecule has 1 saturated heterocycles. The lowest BCUT2D eigenvalue weighted by Crippen LogP contribution is -2.33. The summed E-state index contributed by atoms with van der Waals surface area (Å²) in [7, 11) is 0. The summed E-state index contributed by atoms with van der Waals surface area (Å²) in [5.74, 6) is 2.70. The van der Waals surface area contributed by atoms with E-state index < -0.39 is 6.09 Å². The maximum Gasteiger partial charge on any atom is 0.409 e. The molecule has 5 rings (SSSR count). The molecular formula is C28H30N4O3. The van der Waals surface area contributed by atoms with Crippen LogP contribution in [0.25, 0.3) is 22.4 Å². The summed E-state index contributed by atoms with van der Waals surface area (Å²) >= 11 is 0. The summed E-state index contributed by atoms with van der Waals surface area (Å²) in [5, 5.41) is 0. The number of carbonyl (C=O) groups is 1. The molecule has 180 valence electrons. The lowest BCUT2D eigenvalue weighted by Gasteiger charge is -2.32. The highest BCUT2D eigenvalue weighted by atomic mass is 16.5. The molecule has 7 nitrogen and oxygen atoms in total. The summed E-state index contributed by atoms with van der Waals surface area (Å²) in [6, 6.07) is 23.8. The van der Waals surface area contributed by atoms with Crippen LogP contribution in [0.1, 0.15) is 24.8 Å². The first-order valence-corrected chi connectivity index (χ1v) is 12.1. The first-order valence-electron chi connectivity index (χ1n) is 12.1. The van der Waals surface area contributed by atoms with E-state index in [1.807, 2.05) is 30.3 Å². The number of likely N-dealkylation sites (tertiary alicyclic amines) is 1. The lowest BCUT2D eigenvalue weighted by molar-refractivity contribution is 0.157. The Morgan fingerprint density at radius 1 is 1.00 bits per heavy atom. The SMILES string of the molecule is NC(=O)Oc1ccc2[nH]c(-c3ccc(OCCC4CCN(Cc5ccccc5)CC4)cc3)nc2c1. The molecule has 0 aliphatic carbocycles. The van der Waals surface area contributed by atoms with E-state index in [0.29, 0.717) is 11.3 Å². The van der Waals surface area contributed by atoms with E-state index in [1.54, 1.807) is 12.1 Å². The third-order valence-corrected chi connectivity index (χ3v) is 6.55. The fraction of sp³-hybridized carbons (Fsp3) is 0.286. The number of carbonyl (C=O) groups excluding carboxylic acids is 1. The molecule has 2 heterocycles. The number of piperidine rings is 1. The van der Waals surface area contributed by atoms with Crippen LogP contribution in [0.15, 0.2) is 72.8 Å². The van der Waals surface area contributed by atoms with E-state index in [2.05, 4.69) is 45.2 Å². The number of hydrogen-bond acceptors (Lipinski definition) is 5. The number of amides is 1. The average molecular weight is 471 g/mol. The number of H-pyrrole nitrogens is 1. The van der Waals surface area contributed by atoms with Crippen molar-refractivity contribution in [3.63, 3.8) is 0 Å². The predicted octanol–water partition coefficient (Wildman–Crippen LogP) is 5.37. The third kappa shape index (κ3) is 6.00. The van der Waals surface area contributed by atoms with Gasteiger partial charge in [0.25, 0.3) is 0 Å². The van der Waals surface area contributed by atoms with Crippen LogP contribution >= 0.6 is 0 Å². The molecule has 0 unspecified atom stereocenters. The largest absolute Gasteiger partial charge is 0.494 e. The number of primary amides is 1. The number of fused-ring (bicyclic) bond motifs is 1. The Morgan fingerprint density at radius 3 is 2.49 bits per heavy atom. The second-order valence-electron chi connectivity index (χ2n) is 9.05. The standard InChI is InChI=1S/C28H30N4O3/c29-28(33)35-24-10-11-25-26(18-24)31-27(30-25)22-6-8-23(9-7-22)34-17-14-20-12-15-32(16-13-20)19-21-4-2-1-3-5-21/h1-11,18,20H,12-17,19H2,(H2,29,33)(H,30,31). The van der Waals surface area contributed by atoms with E-state index in [0.717, 1.165) is 61.2 Å². The van der Waals surface area contributed by atoms with Crippen molar-refractivity contribution in [2.24, 2.45) is 11.7 Å². The first kappa shape index (κ1) is 22.9. The van der Waals surface area contributed by atoms with Crippen molar-refractivity contribution >= 4 is 17.1 Å². The number of hydrogen-bond donors (Lipinski definition) is 2. The van der Waals surface area contributed by atoms with Gasteiger partial charge in [0.15, 0.2) is 0 Å². The Hall–Kier alpha value is -3.84. The molecule has 1 fully saturated rings. The second-order valence-corrected chi connectivity index (χ2v) is 9.05. The highest BCUT2D eigenvalue weighted by Crippen LogP contribution is 2.26. The Kier molecular flexibility index (Phi) is 6.95. The molecule has 1 aromatic heterocycles. The molecule has 3 aromatic carbocycles. The number of ether oxygens (including phenoxy) is 2. The smallest absolute Gasteiger partial charge is 0.409 e. The van der Waals surface area contributed by atoms with Gasteiger partial charge >= 0.3 is 6.09 Å². The highest BCUT2D eigenvalue weighted by molar-refractivity contribution is 5.81. The minimum atomic E-state index is -0.843. The van der Waals surface area contributed by atoms with Gasteiger partial charge in [0, 0.05) is 18.2 Å². The molecule has 1 aliphatic heterocycles. The molecular weight excluding hydrogens is 440 g/mol. The van der Waals surface area contributed by atoms with Gasteiger partial charge in [-0.05, 0) is 80.2 Å². The monoisotopic (exact) mass is 470 g/mol. The number of benzene rings is 3. The molecule has 0 radical (unpaired) electrons. The molecule has 1 amide bonds. The highest BCUT2D eigenvalue weighted by Gasteiger charge is 2.19. The minimum absolute atomic E-state index is 0.369. The topological polar surface area (TPSA) is 93.5 Å². The quantitative estimate of drug-likeness (QED) is 0.361. The Balaban J connectivity index is 1.09. The molecule has 7 heteroatoms. The van der Waals surface area contributed by atoms with E-state index in [4.69, 9.17) is 15.2 Å². The number of nitrogens with two attached hydrogens (primary N) is 1. The molecule has 4 aromatic rings. The van der Waals surface area contributed by atoms with Gasteiger partial charge in [-0.25, -0.2) is 9.78 Å². The van der Waals surface area contributed by atoms with Gasteiger partial charge in [-0.2, -0.15) is 0 Å². The number of rotatable bonds is 8. The van der Waals surface area contributed by atoms with Crippen LogP contribution in [-0.4, -0.2) is 40.7 Å². The minimum Gasteiger partial charge on any atom is -0.494 e. The first-order chi connectivity index (χ1) is 17.1. The van der Waals surface area contributed by atoms with Gasteiger partial charge in [-0.1, -0.05) is 30.3 Å². The van der Waals surface area contributed by atoms with Gasteiger partial charge in [-0.15, -0.1) is 0 Å². The number of imidazole rings is 1. The summed E-state index contributed by atoms with van der Waals surface area (Å²) in [4.78, 5) is 21.4. The van der Waals surface area contributed by atoms with Gasteiger partial charge < -0.3 is 20.2 Å². The number of aromatic amines is 1. The van der Waals surface area contributed by atoms with Gasteiger partial charge in [-0.3, -0.25) is 4.90 Å². The summed E-state index contributed by atoms with van der Waals surface area (Å²) in [5.41, 5.74) is 8.99. The molecule has 0 bridgehead atoms. The van der Waals surface area contributed by atoms with E-state index in [-0.39, 0.29) is 0 Å². The van der Waals surface area contributed by atoms with E-state index in [9.17, 15) is 4.79 Å². The zero-order valence-corrected chi connectivity index (χ0v) is 19.7. The predicted molar refractivity (Wildman–Crippen MR) is 136 cm³/mol. The van der Waals surface area contributed by atoms with Crippen LogP contribution in [-0.2, 0) is 6.54 Å². The average Bonchev–Trinajstić information content (AvgIpc) is 3.29. The van der Waals surface area contributed by atoms with Crippen LogP contribution in [0.2, 0.25) is 0 Å². The number of nitrogens with zero attached hydrogens (tertiary/aromatic N) is 2. The fourth-order valence-corrected chi connectivity index (χ4v) is 4.63. The van der Waals surface area contributed by atoms with Gasteiger partial charge in [0.05, 0.1) is 17.6 Å². The number of nitrogens with one attached hydrogen (secondary N) is 1. The molecule has 0 saturated carbocycles. The normalized spacial score (nSPS) is 14.7. The third-order valence-electron chi connectivity index (χ3n) is 6.55. The Bertz CT molecular complexity index is 1260. The molecule has 3 N–H and O–H groups in total. The van der Waals surface area contributed by atoms with Crippen LogP contribution in [0.5, 0.6) is 11.5 Å². The number of aromatic nitrogens is 2. The van der Waals surface area contributed by atoms with Crippen molar-refractivity contribution < 1.29 is 14.3 Å². The fourth-order valence-electron chi connectivity index (χ4n) is 4.63. The Labute approximate surface area is 204 Å². The van der Waals surface area contributed by atoms with Crippen molar-refractivity contribution in [3.8, 4) is 22.9 Å². The molecule has 0 atom stereocenters. The lowest BCUT2D eigenvalue weighted by atomic mass is 9.93. The van der Waals surface area contributed by atoms with E-state index in [1.165, 1.54) is 18.4 Å². The summed E-state index contributed by atoms with van der Waals surface area (Å²) in [6.07, 6.45) is 2.70. The van der Waals surface area contributed by atoms with Crippen LogP contribution in [0.3, 0.4) is 0 Å². The zero-order valence-electron chi connectivity index (χ0n) is 19.7. The van der Waals surface area contributed by atoms with Crippen molar-refractivity contribution in [2.75, 3.05) is 19.7 Å². The molecule has 0 spiro atoms. The maximum atomic E-state index is 11.0. The summed E-state index contributed by atoms with van der Waals surface area (Å²) < 4.78 is 11.0. The second kappa shape index (κ2) is 10.6. The van der Waals surface area contributed by atoms with Crippen molar-refractivity contribution in [2.45, 2.75) is 25.8 Å². The van der Waals surface area contributed by atoms with Crippen molar-refractivity contribution in [1.29, 1.82) is 0 Å². The van der Waals surface area contributed by atoms with Crippen LogP contribution < -0.4 is 15.2 Å².